The van der Waals surface area contributed by atoms with E-state index in [-0.39, 0.29) is 5.15 Å². The molecule has 110 valence electrons. The number of rotatable bonds is 5. The Balaban J connectivity index is 2.15. The summed E-state index contributed by atoms with van der Waals surface area (Å²) in [4.78, 5) is 15.4. The van der Waals surface area contributed by atoms with Crippen molar-refractivity contribution in [2.24, 2.45) is 5.92 Å². The van der Waals surface area contributed by atoms with Gasteiger partial charge < -0.3 is 5.11 Å². The molecule has 1 heterocycles. The summed E-state index contributed by atoms with van der Waals surface area (Å²) in [7, 11) is 0. The zero-order valence-electron chi connectivity index (χ0n) is 10.9. The Labute approximate surface area is 137 Å². The molecule has 0 aliphatic heterocycles. The van der Waals surface area contributed by atoms with Crippen LogP contribution >= 0.6 is 34.8 Å². The summed E-state index contributed by atoms with van der Waals surface area (Å²) < 4.78 is 0. The van der Waals surface area contributed by atoms with E-state index < -0.39 is 11.9 Å². The van der Waals surface area contributed by atoms with E-state index in [4.69, 9.17) is 34.8 Å². The van der Waals surface area contributed by atoms with E-state index in [0.29, 0.717) is 28.5 Å². The maximum absolute atomic E-state index is 11.4. The molecular formula is C15H12Cl3NO2. The Hall–Kier alpha value is -1.29. The Morgan fingerprint density at radius 2 is 1.81 bits per heavy atom. The Bertz CT molecular complexity index is 644. The molecule has 1 N–H and O–H groups in total. The minimum Gasteiger partial charge on any atom is -0.481 e. The third-order valence-corrected chi connectivity index (χ3v) is 3.92. The smallest absolute Gasteiger partial charge is 0.307 e. The number of benzene rings is 1. The van der Waals surface area contributed by atoms with E-state index in [2.05, 4.69) is 4.98 Å². The van der Waals surface area contributed by atoms with Crippen LogP contribution in [0.3, 0.4) is 0 Å². The first-order chi connectivity index (χ1) is 9.95. The number of nitrogens with zero attached hydrogens (tertiary/aromatic N) is 1. The molecule has 1 aromatic heterocycles. The standard InChI is InChI=1S/C15H12Cl3NO2/c16-12-3-1-9(2-4-12)5-10(15(20)21)6-11-8-19-14(18)7-13(11)17/h1-4,7-8,10H,5-6H2,(H,20,21). The third-order valence-electron chi connectivity index (χ3n) is 3.11. The number of carbonyl (C=O) groups is 1. The van der Waals surface area contributed by atoms with Gasteiger partial charge in [0, 0.05) is 16.2 Å². The van der Waals surface area contributed by atoms with Crippen molar-refractivity contribution in [1.82, 2.24) is 4.98 Å². The summed E-state index contributed by atoms with van der Waals surface area (Å²) >= 11 is 17.6. The molecule has 6 heteroatoms. The van der Waals surface area contributed by atoms with Crippen LogP contribution in [0.1, 0.15) is 11.1 Å². The van der Waals surface area contributed by atoms with E-state index in [1.165, 1.54) is 12.3 Å². The van der Waals surface area contributed by atoms with Gasteiger partial charge in [-0.05, 0) is 42.2 Å². The summed E-state index contributed by atoms with van der Waals surface area (Å²) in [5.74, 6) is -1.47. The van der Waals surface area contributed by atoms with E-state index in [1.807, 2.05) is 12.1 Å². The molecule has 1 aromatic carbocycles. The van der Waals surface area contributed by atoms with Crippen molar-refractivity contribution in [2.45, 2.75) is 12.8 Å². The predicted octanol–water partition coefficient (Wildman–Crippen LogP) is 4.53. The molecule has 0 radical (unpaired) electrons. The van der Waals surface area contributed by atoms with E-state index in [1.54, 1.807) is 12.1 Å². The van der Waals surface area contributed by atoms with Gasteiger partial charge in [-0.2, -0.15) is 0 Å². The first-order valence-corrected chi connectivity index (χ1v) is 7.36. The van der Waals surface area contributed by atoms with Crippen molar-refractivity contribution in [3.8, 4) is 0 Å². The van der Waals surface area contributed by atoms with Gasteiger partial charge in [0.15, 0.2) is 0 Å². The second-order valence-electron chi connectivity index (χ2n) is 4.67. The highest BCUT2D eigenvalue weighted by Crippen LogP contribution is 2.23. The number of hydrogen-bond acceptors (Lipinski definition) is 2. The van der Waals surface area contributed by atoms with Crippen molar-refractivity contribution in [3.05, 3.63) is 62.9 Å². The first kappa shape index (κ1) is 16.1. The molecule has 21 heavy (non-hydrogen) atoms. The zero-order chi connectivity index (χ0) is 15.4. The lowest BCUT2D eigenvalue weighted by atomic mass is 9.93. The molecule has 0 aliphatic carbocycles. The summed E-state index contributed by atoms with van der Waals surface area (Å²) in [6.45, 7) is 0. The summed E-state index contributed by atoms with van der Waals surface area (Å²) in [5, 5.41) is 10.7. The van der Waals surface area contributed by atoms with Crippen molar-refractivity contribution in [3.63, 3.8) is 0 Å². The number of pyridine rings is 1. The Kier molecular flexibility index (Phi) is 5.45. The molecule has 0 saturated carbocycles. The van der Waals surface area contributed by atoms with Crippen LogP contribution in [0.5, 0.6) is 0 Å². The van der Waals surface area contributed by atoms with Crippen LogP contribution in [0.15, 0.2) is 36.5 Å². The van der Waals surface area contributed by atoms with Gasteiger partial charge in [0.25, 0.3) is 0 Å². The quantitative estimate of drug-likeness (QED) is 0.811. The molecule has 0 saturated heterocycles. The maximum atomic E-state index is 11.4. The average molecular weight is 345 g/mol. The van der Waals surface area contributed by atoms with Crippen LogP contribution < -0.4 is 0 Å². The molecule has 3 nitrogen and oxygen atoms in total. The van der Waals surface area contributed by atoms with E-state index in [9.17, 15) is 9.90 Å². The van der Waals surface area contributed by atoms with E-state index >= 15 is 0 Å². The van der Waals surface area contributed by atoms with Gasteiger partial charge >= 0.3 is 5.97 Å². The fraction of sp³-hybridized carbons (Fsp3) is 0.200. The SMILES string of the molecule is O=C(O)C(Cc1ccc(Cl)cc1)Cc1cnc(Cl)cc1Cl. The first-order valence-electron chi connectivity index (χ1n) is 6.23. The minimum absolute atomic E-state index is 0.285. The number of hydrogen-bond donors (Lipinski definition) is 1. The van der Waals surface area contributed by atoms with Gasteiger partial charge in [-0.3, -0.25) is 4.79 Å². The monoisotopic (exact) mass is 343 g/mol. The number of carboxylic acids is 1. The topological polar surface area (TPSA) is 50.2 Å². The Morgan fingerprint density at radius 3 is 2.38 bits per heavy atom. The van der Waals surface area contributed by atoms with Crippen molar-refractivity contribution in [1.29, 1.82) is 0 Å². The number of aliphatic carboxylic acids is 1. The van der Waals surface area contributed by atoms with Crippen molar-refractivity contribution in [2.75, 3.05) is 0 Å². The number of carboxylic acid groups (broad SMARTS) is 1. The van der Waals surface area contributed by atoms with Crippen molar-refractivity contribution < 1.29 is 9.90 Å². The van der Waals surface area contributed by atoms with Gasteiger partial charge in [-0.15, -0.1) is 0 Å². The lowest BCUT2D eigenvalue weighted by molar-refractivity contribution is -0.141. The highest BCUT2D eigenvalue weighted by atomic mass is 35.5. The van der Waals surface area contributed by atoms with Crippen LogP contribution in [0.2, 0.25) is 15.2 Å². The molecule has 0 spiro atoms. The van der Waals surface area contributed by atoms with Crippen LogP contribution in [0.25, 0.3) is 0 Å². The average Bonchev–Trinajstić information content (AvgIpc) is 2.43. The fourth-order valence-electron chi connectivity index (χ4n) is 2.00. The Morgan fingerprint density at radius 1 is 1.14 bits per heavy atom. The predicted molar refractivity (Wildman–Crippen MR) is 84.2 cm³/mol. The second-order valence-corrected chi connectivity index (χ2v) is 5.90. The molecule has 2 aromatic rings. The van der Waals surface area contributed by atoms with Gasteiger partial charge in [-0.1, -0.05) is 46.9 Å². The molecular weight excluding hydrogens is 333 g/mol. The highest BCUT2D eigenvalue weighted by molar-refractivity contribution is 6.34. The zero-order valence-corrected chi connectivity index (χ0v) is 13.2. The van der Waals surface area contributed by atoms with Crippen LogP contribution in [0, 0.1) is 5.92 Å². The number of aromatic nitrogens is 1. The fourth-order valence-corrected chi connectivity index (χ4v) is 2.57. The summed E-state index contributed by atoms with van der Waals surface area (Å²) in [6.07, 6.45) is 2.20. The molecule has 0 amide bonds. The van der Waals surface area contributed by atoms with Crippen LogP contribution in [0.4, 0.5) is 0 Å². The second kappa shape index (κ2) is 7.12. The van der Waals surface area contributed by atoms with Crippen molar-refractivity contribution >= 4 is 40.8 Å². The largest absolute Gasteiger partial charge is 0.481 e. The maximum Gasteiger partial charge on any atom is 0.307 e. The normalized spacial score (nSPS) is 12.1. The van der Waals surface area contributed by atoms with Crippen LogP contribution in [-0.4, -0.2) is 16.1 Å². The lowest BCUT2D eigenvalue weighted by Crippen LogP contribution is -2.19. The minimum atomic E-state index is -0.879. The van der Waals surface area contributed by atoms with Gasteiger partial charge in [0.2, 0.25) is 0 Å². The highest BCUT2D eigenvalue weighted by Gasteiger charge is 2.20. The van der Waals surface area contributed by atoms with Gasteiger partial charge in [0.05, 0.1) is 5.92 Å². The summed E-state index contributed by atoms with van der Waals surface area (Å²) in [5.41, 5.74) is 1.58. The molecule has 0 aliphatic rings. The lowest BCUT2D eigenvalue weighted by Gasteiger charge is -2.13. The molecule has 1 atom stereocenters. The third kappa shape index (κ3) is 4.60. The summed E-state index contributed by atoms with van der Waals surface area (Å²) in [6, 6.07) is 8.64. The van der Waals surface area contributed by atoms with Gasteiger partial charge in [0.1, 0.15) is 5.15 Å². The molecule has 1 unspecified atom stereocenters. The van der Waals surface area contributed by atoms with E-state index in [0.717, 1.165) is 5.56 Å². The van der Waals surface area contributed by atoms with Crippen LogP contribution in [-0.2, 0) is 17.6 Å². The molecule has 2 rings (SSSR count). The molecule has 0 fully saturated rings. The molecule has 0 bridgehead atoms. The van der Waals surface area contributed by atoms with Gasteiger partial charge in [-0.25, -0.2) is 4.98 Å². The number of halogens is 3.